The first-order valence-corrected chi connectivity index (χ1v) is 4.27. The van der Waals surface area contributed by atoms with E-state index in [1.165, 1.54) is 0 Å². The van der Waals surface area contributed by atoms with Crippen LogP contribution in [-0.4, -0.2) is 24.7 Å². The third-order valence-corrected chi connectivity index (χ3v) is 2.44. The molecular weight excluding hydrogens is 142 g/mol. The lowest BCUT2D eigenvalue weighted by atomic mass is 10.1. The first kappa shape index (κ1) is 7.10. The van der Waals surface area contributed by atoms with Crippen molar-refractivity contribution < 1.29 is 9.53 Å². The molecule has 0 aromatic heterocycles. The summed E-state index contributed by atoms with van der Waals surface area (Å²) < 4.78 is 5.47. The van der Waals surface area contributed by atoms with Crippen molar-refractivity contribution in [3.8, 4) is 0 Å². The Morgan fingerprint density at radius 2 is 2.36 bits per heavy atom. The Kier molecular flexibility index (Phi) is 1.82. The Bertz CT molecular complexity index is 163. The third kappa shape index (κ3) is 1.38. The van der Waals surface area contributed by atoms with Crippen LogP contribution in [0.5, 0.6) is 0 Å². The number of nitrogens with one attached hydrogen (secondary N) is 1. The number of amides is 1. The van der Waals surface area contributed by atoms with Gasteiger partial charge in [0.15, 0.2) is 0 Å². The second-order valence-electron chi connectivity index (χ2n) is 3.26. The molecule has 2 rings (SSSR count). The molecule has 0 radical (unpaired) electrons. The summed E-state index contributed by atoms with van der Waals surface area (Å²) in [7, 11) is 0. The Labute approximate surface area is 66.1 Å². The van der Waals surface area contributed by atoms with Gasteiger partial charge in [-0.05, 0) is 19.3 Å². The van der Waals surface area contributed by atoms with E-state index in [-0.39, 0.29) is 5.91 Å². The maximum absolute atomic E-state index is 10.8. The van der Waals surface area contributed by atoms with Gasteiger partial charge in [0.25, 0.3) is 0 Å². The number of carbonyl (C=O) groups excluding carboxylic acids is 1. The van der Waals surface area contributed by atoms with Crippen LogP contribution in [0.4, 0.5) is 0 Å². The van der Waals surface area contributed by atoms with E-state index in [0.29, 0.717) is 18.6 Å². The third-order valence-electron chi connectivity index (χ3n) is 2.44. The lowest BCUT2D eigenvalue weighted by Gasteiger charge is -2.16. The van der Waals surface area contributed by atoms with Crippen molar-refractivity contribution in [2.75, 3.05) is 6.61 Å². The van der Waals surface area contributed by atoms with E-state index in [2.05, 4.69) is 5.32 Å². The average molecular weight is 155 g/mol. The van der Waals surface area contributed by atoms with Crippen molar-refractivity contribution in [2.45, 2.75) is 37.8 Å². The molecule has 2 aliphatic heterocycles. The monoisotopic (exact) mass is 155 g/mol. The van der Waals surface area contributed by atoms with Crippen molar-refractivity contribution in [2.24, 2.45) is 0 Å². The first-order chi connectivity index (χ1) is 5.36. The maximum atomic E-state index is 10.8. The minimum absolute atomic E-state index is 0.186. The van der Waals surface area contributed by atoms with E-state index >= 15 is 0 Å². The Balaban J connectivity index is 1.90. The highest BCUT2D eigenvalue weighted by atomic mass is 16.5. The summed E-state index contributed by atoms with van der Waals surface area (Å²) >= 11 is 0. The van der Waals surface area contributed by atoms with Crippen LogP contribution in [-0.2, 0) is 9.53 Å². The van der Waals surface area contributed by atoms with E-state index in [1.807, 2.05) is 0 Å². The average Bonchev–Trinajstić information content (AvgIpc) is 2.55. The van der Waals surface area contributed by atoms with E-state index in [1.54, 1.807) is 0 Å². The quantitative estimate of drug-likeness (QED) is 0.597. The smallest absolute Gasteiger partial charge is 0.220 e. The molecule has 2 fully saturated rings. The molecule has 2 saturated heterocycles. The normalized spacial score (nSPS) is 37.6. The molecule has 2 atom stereocenters. The van der Waals surface area contributed by atoms with Gasteiger partial charge in [0, 0.05) is 13.0 Å². The number of carbonyl (C=O) groups is 1. The molecule has 1 N–H and O–H groups in total. The Morgan fingerprint density at radius 1 is 1.45 bits per heavy atom. The molecule has 0 aromatic rings. The zero-order valence-corrected chi connectivity index (χ0v) is 6.51. The molecule has 11 heavy (non-hydrogen) atoms. The fourth-order valence-corrected chi connectivity index (χ4v) is 1.84. The van der Waals surface area contributed by atoms with Crippen LogP contribution >= 0.6 is 0 Å². The summed E-state index contributed by atoms with van der Waals surface area (Å²) in [5.74, 6) is 0.186. The number of hydrogen-bond donors (Lipinski definition) is 1. The highest BCUT2D eigenvalue weighted by Crippen LogP contribution is 2.21. The first-order valence-electron chi connectivity index (χ1n) is 4.27. The van der Waals surface area contributed by atoms with Gasteiger partial charge in [-0.2, -0.15) is 0 Å². The topological polar surface area (TPSA) is 38.3 Å². The van der Waals surface area contributed by atoms with Crippen molar-refractivity contribution in [1.29, 1.82) is 0 Å². The molecule has 3 nitrogen and oxygen atoms in total. The standard InChI is InChI=1S/C8H13NO2/c10-8-4-3-6(9-8)7-2-1-5-11-7/h6-7H,1-5H2,(H,9,10). The van der Waals surface area contributed by atoms with E-state index in [9.17, 15) is 4.79 Å². The minimum atomic E-state index is 0.186. The second kappa shape index (κ2) is 2.81. The number of hydrogen-bond acceptors (Lipinski definition) is 2. The van der Waals surface area contributed by atoms with E-state index in [4.69, 9.17) is 4.74 Å². The van der Waals surface area contributed by atoms with Gasteiger partial charge in [-0.15, -0.1) is 0 Å². The van der Waals surface area contributed by atoms with Crippen LogP contribution in [0.2, 0.25) is 0 Å². The van der Waals surface area contributed by atoms with Crippen molar-refractivity contribution in [3.63, 3.8) is 0 Å². The van der Waals surface area contributed by atoms with Gasteiger partial charge in [0.1, 0.15) is 0 Å². The molecule has 0 bridgehead atoms. The van der Waals surface area contributed by atoms with Gasteiger partial charge in [0.05, 0.1) is 12.1 Å². The molecule has 2 unspecified atom stereocenters. The predicted molar refractivity (Wildman–Crippen MR) is 40.1 cm³/mol. The van der Waals surface area contributed by atoms with Gasteiger partial charge in [0.2, 0.25) is 5.91 Å². The van der Waals surface area contributed by atoms with Crippen LogP contribution in [0.25, 0.3) is 0 Å². The van der Waals surface area contributed by atoms with Crippen molar-refractivity contribution >= 4 is 5.91 Å². The SMILES string of the molecule is O=C1CCC(C2CCCO2)N1. The van der Waals surface area contributed by atoms with Gasteiger partial charge >= 0.3 is 0 Å². The highest BCUT2D eigenvalue weighted by molar-refractivity contribution is 5.78. The minimum Gasteiger partial charge on any atom is -0.376 e. The van der Waals surface area contributed by atoms with Crippen LogP contribution in [0.3, 0.4) is 0 Å². The van der Waals surface area contributed by atoms with Crippen molar-refractivity contribution in [1.82, 2.24) is 5.32 Å². The summed E-state index contributed by atoms with van der Waals surface area (Å²) in [4.78, 5) is 10.8. The van der Waals surface area contributed by atoms with E-state index < -0.39 is 0 Å². The van der Waals surface area contributed by atoms with Crippen LogP contribution in [0.1, 0.15) is 25.7 Å². The lowest BCUT2D eigenvalue weighted by molar-refractivity contribution is -0.119. The largest absolute Gasteiger partial charge is 0.376 e. The molecule has 0 aromatic carbocycles. The summed E-state index contributed by atoms with van der Waals surface area (Å²) in [5.41, 5.74) is 0. The van der Waals surface area contributed by atoms with Crippen LogP contribution < -0.4 is 5.32 Å². The molecule has 3 heteroatoms. The van der Waals surface area contributed by atoms with Crippen LogP contribution in [0.15, 0.2) is 0 Å². The zero-order chi connectivity index (χ0) is 7.68. The summed E-state index contributed by atoms with van der Waals surface area (Å²) in [5, 5.41) is 2.93. The number of rotatable bonds is 1. The van der Waals surface area contributed by atoms with Crippen LogP contribution in [0, 0.1) is 0 Å². The zero-order valence-electron chi connectivity index (χ0n) is 6.51. The predicted octanol–water partition coefficient (Wildman–Crippen LogP) is 0.444. The van der Waals surface area contributed by atoms with Crippen molar-refractivity contribution in [3.05, 3.63) is 0 Å². The molecule has 0 spiro atoms. The molecule has 0 saturated carbocycles. The number of ether oxygens (including phenoxy) is 1. The maximum Gasteiger partial charge on any atom is 0.220 e. The second-order valence-corrected chi connectivity index (χ2v) is 3.26. The van der Waals surface area contributed by atoms with E-state index in [0.717, 1.165) is 25.9 Å². The summed E-state index contributed by atoms with van der Waals surface area (Å²) in [6, 6.07) is 0.310. The molecule has 2 heterocycles. The molecule has 62 valence electrons. The summed E-state index contributed by atoms with van der Waals surface area (Å²) in [6.07, 6.45) is 4.22. The van der Waals surface area contributed by atoms with Gasteiger partial charge in [-0.3, -0.25) is 4.79 Å². The molecular formula is C8H13NO2. The Morgan fingerprint density at radius 3 is 2.91 bits per heavy atom. The fraction of sp³-hybridized carbons (Fsp3) is 0.875. The van der Waals surface area contributed by atoms with Gasteiger partial charge in [-0.25, -0.2) is 0 Å². The molecule has 0 aliphatic carbocycles. The fourth-order valence-electron chi connectivity index (χ4n) is 1.84. The molecule has 1 amide bonds. The summed E-state index contributed by atoms with van der Waals surface area (Å²) in [6.45, 7) is 0.872. The highest BCUT2D eigenvalue weighted by Gasteiger charge is 2.31. The lowest BCUT2D eigenvalue weighted by Crippen LogP contribution is -2.36. The van der Waals surface area contributed by atoms with Gasteiger partial charge < -0.3 is 10.1 Å². The Hall–Kier alpha value is -0.570. The molecule has 2 aliphatic rings. The van der Waals surface area contributed by atoms with Gasteiger partial charge in [-0.1, -0.05) is 0 Å².